The molecular weight excluding hydrogens is 340 g/mol. The maximum absolute atomic E-state index is 13.2. The molecule has 5 fully saturated rings. The molecule has 6 bridgehead atoms. The Hall–Kier alpha value is -1.45. The molecule has 0 aliphatic heterocycles. The number of hydrogen-bond acceptors (Lipinski definition) is 4. The zero-order valence-electron chi connectivity index (χ0n) is 16.1. The van der Waals surface area contributed by atoms with Gasteiger partial charge in [0.15, 0.2) is 0 Å². The minimum absolute atomic E-state index is 0.0555. The molecule has 0 aromatic heterocycles. The average Bonchev–Trinajstić information content (AvgIpc) is 3.45. The van der Waals surface area contributed by atoms with Gasteiger partial charge in [-0.15, -0.1) is 0 Å². The highest BCUT2D eigenvalue weighted by molar-refractivity contribution is 6.01. The summed E-state index contributed by atoms with van der Waals surface area (Å²) in [5.41, 5.74) is -0.341. The first-order valence-corrected chi connectivity index (χ1v) is 10.8. The first-order chi connectivity index (χ1) is 12.8. The summed E-state index contributed by atoms with van der Waals surface area (Å²) in [5.74, 6) is 0.424. The van der Waals surface area contributed by atoms with Crippen molar-refractivity contribution in [3.05, 3.63) is 12.2 Å². The van der Waals surface area contributed by atoms with Crippen LogP contribution in [-0.2, 0) is 19.1 Å². The van der Waals surface area contributed by atoms with E-state index in [1.54, 1.807) is 0 Å². The predicted octanol–water partition coefficient (Wildman–Crippen LogP) is 3.34. The van der Waals surface area contributed by atoms with Crippen LogP contribution >= 0.6 is 0 Å². The fourth-order valence-corrected chi connectivity index (χ4v) is 8.25. The van der Waals surface area contributed by atoms with Crippen LogP contribution in [0.5, 0.6) is 0 Å². The highest BCUT2D eigenvalue weighted by atomic mass is 16.6. The van der Waals surface area contributed by atoms with Crippen molar-refractivity contribution in [3.63, 3.8) is 0 Å². The number of ketones is 2. The lowest BCUT2D eigenvalue weighted by Crippen LogP contribution is -2.47. The zero-order chi connectivity index (χ0) is 18.7. The van der Waals surface area contributed by atoms with Crippen molar-refractivity contribution in [1.82, 2.24) is 0 Å². The van der Waals surface area contributed by atoms with Crippen LogP contribution in [0.3, 0.4) is 0 Å². The van der Waals surface area contributed by atoms with Gasteiger partial charge in [-0.1, -0.05) is 12.2 Å². The summed E-state index contributed by atoms with van der Waals surface area (Å²) in [6.07, 6.45) is 10.6. The summed E-state index contributed by atoms with van der Waals surface area (Å²) in [7, 11) is 0. The average molecular weight is 368 g/mol. The molecule has 4 heteroatoms. The van der Waals surface area contributed by atoms with Gasteiger partial charge in [-0.3, -0.25) is 14.4 Å². The first kappa shape index (κ1) is 16.5. The molecule has 27 heavy (non-hydrogen) atoms. The summed E-state index contributed by atoms with van der Waals surface area (Å²) >= 11 is 0. The van der Waals surface area contributed by atoms with Gasteiger partial charge in [-0.05, 0) is 70.1 Å². The molecule has 6 aliphatic carbocycles. The van der Waals surface area contributed by atoms with Crippen LogP contribution in [0.1, 0.15) is 52.4 Å². The number of carbonyl (C=O) groups is 3. The molecule has 4 nitrogen and oxygen atoms in total. The number of allylic oxidation sites excluding steroid dienone is 2. The normalized spacial score (nSPS) is 51.5. The Morgan fingerprint density at radius 2 is 1.74 bits per heavy atom. The molecule has 6 aliphatic rings. The molecule has 144 valence electrons. The third-order valence-corrected chi connectivity index (χ3v) is 9.65. The quantitative estimate of drug-likeness (QED) is 0.435. The highest BCUT2D eigenvalue weighted by Crippen LogP contribution is 2.65. The molecular formula is C23H28O4. The van der Waals surface area contributed by atoms with Crippen molar-refractivity contribution in [2.24, 2.45) is 52.8 Å². The number of esters is 1. The molecule has 6 rings (SSSR count). The summed E-state index contributed by atoms with van der Waals surface area (Å²) in [5, 5.41) is 0. The van der Waals surface area contributed by atoms with Crippen LogP contribution in [0.25, 0.3) is 0 Å². The SMILES string of the molecule is CC(C)(OC(=O)C1CC2C(=O)C1C1C3C=CC(C3=O)C21)C12CCC(CC1)C2. The van der Waals surface area contributed by atoms with E-state index in [0.29, 0.717) is 6.42 Å². The van der Waals surface area contributed by atoms with Crippen molar-refractivity contribution in [2.45, 2.75) is 58.0 Å². The monoisotopic (exact) mass is 368 g/mol. The fraction of sp³-hybridized carbons (Fsp3) is 0.783. The number of fused-ring (bicyclic) bond motifs is 11. The second-order valence-corrected chi connectivity index (χ2v) is 10.7. The smallest absolute Gasteiger partial charge is 0.310 e. The van der Waals surface area contributed by atoms with Crippen LogP contribution in [-0.4, -0.2) is 23.1 Å². The van der Waals surface area contributed by atoms with Gasteiger partial charge < -0.3 is 4.74 Å². The molecule has 0 spiro atoms. The van der Waals surface area contributed by atoms with Crippen molar-refractivity contribution >= 4 is 17.5 Å². The minimum Gasteiger partial charge on any atom is -0.459 e. The number of carbonyl (C=O) groups excluding carboxylic acids is 3. The molecule has 0 amide bonds. The second-order valence-electron chi connectivity index (χ2n) is 10.7. The van der Waals surface area contributed by atoms with Gasteiger partial charge in [0.05, 0.1) is 5.92 Å². The van der Waals surface area contributed by atoms with Crippen LogP contribution in [0, 0.1) is 52.8 Å². The number of rotatable bonds is 3. The number of ether oxygens (including phenoxy) is 1. The lowest BCUT2D eigenvalue weighted by Gasteiger charge is -2.43. The van der Waals surface area contributed by atoms with Gasteiger partial charge in [-0.25, -0.2) is 0 Å². The van der Waals surface area contributed by atoms with Crippen molar-refractivity contribution in [1.29, 1.82) is 0 Å². The van der Waals surface area contributed by atoms with Crippen LogP contribution in [0.4, 0.5) is 0 Å². The van der Waals surface area contributed by atoms with E-state index in [9.17, 15) is 14.4 Å². The van der Waals surface area contributed by atoms with Gasteiger partial charge in [0, 0.05) is 29.1 Å². The standard InChI is InChI=1S/C23H28O4/c1-22(2,23-7-5-11(10-23)6-8-23)27-21(26)15-9-14-16-12-3-4-13(19(12)24)17(16)18(15)20(14)25/h3-4,11-18H,5-10H2,1-2H3. The molecule has 0 N–H and O–H groups in total. The topological polar surface area (TPSA) is 60.4 Å². The van der Waals surface area contributed by atoms with Gasteiger partial charge in [0.2, 0.25) is 0 Å². The third-order valence-electron chi connectivity index (χ3n) is 9.65. The van der Waals surface area contributed by atoms with Gasteiger partial charge in [0.1, 0.15) is 17.2 Å². The van der Waals surface area contributed by atoms with Crippen molar-refractivity contribution in [2.75, 3.05) is 0 Å². The highest BCUT2D eigenvalue weighted by Gasteiger charge is 2.70. The van der Waals surface area contributed by atoms with Gasteiger partial charge in [0.25, 0.3) is 0 Å². The zero-order valence-corrected chi connectivity index (χ0v) is 16.1. The summed E-state index contributed by atoms with van der Waals surface area (Å²) in [6.45, 7) is 4.17. The second kappa shape index (κ2) is 4.93. The Labute approximate surface area is 160 Å². The van der Waals surface area contributed by atoms with Gasteiger partial charge >= 0.3 is 5.97 Å². The van der Waals surface area contributed by atoms with E-state index in [1.807, 2.05) is 12.2 Å². The molecule has 7 unspecified atom stereocenters. The number of Topliss-reactive ketones (excluding diaryl/α,β-unsaturated/α-hetero) is 2. The minimum atomic E-state index is -0.468. The first-order valence-electron chi connectivity index (χ1n) is 10.8. The van der Waals surface area contributed by atoms with Crippen LogP contribution < -0.4 is 0 Å². The fourth-order valence-electron chi connectivity index (χ4n) is 8.25. The largest absolute Gasteiger partial charge is 0.459 e. The summed E-state index contributed by atoms with van der Waals surface area (Å²) in [6, 6.07) is 0. The van der Waals surface area contributed by atoms with E-state index in [4.69, 9.17) is 4.74 Å². The lowest BCUT2D eigenvalue weighted by molar-refractivity contribution is -0.179. The Morgan fingerprint density at radius 3 is 2.37 bits per heavy atom. The van der Waals surface area contributed by atoms with Crippen LogP contribution in [0.15, 0.2) is 12.2 Å². The van der Waals surface area contributed by atoms with E-state index < -0.39 is 5.60 Å². The molecule has 7 atom stereocenters. The number of hydrogen-bond donors (Lipinski definition) is 0. The van der Waals surface area contributed by atoms with E-state index in [2.05, 4.69) is 13.8 Å². The Bertz CT molecular complexity index is 784. The summed E-state index contributed by atoms with van der Waals surface area (Å²) < 4.78 is 6.19. The predicted molar refractivity (Wildman–Crippen MR) is 97.4 cm³/mol. The summed E-state index contributed by atoms with van der Waals surface area (Å²) in [4.78, 5) is 38.6. The Balaban J connectivity index is 1.25. The molecule has 0 radical (unpaired) electrons. The van der Waals surface area contributed by atoms with Gasteiger partial charge in [-0.2, -0.15) is 0 Å². The van der Waals surface area contributed by atoms with E-state index in [-0.39, 0.29) is 64.4 Å². The van der Waals surface area contributed by atoms with E-state index in [1.165, 1.54) is 19.3 Å². The van der Waals surface area contributed by atoms with Crippen LogP contribution in [0.2, 0.25) is 0 Å². The maximum Gasteiger partial charge on any atom is 0.310 e. The lowest BCUT2D eigenvalue weighted by atomic mass is 9.69. The van der Waals surface area contributed by atoms with Crippen molar-refractivity contribution < 1.29 is 19.1 Å². The Morgan fingerprint density at radius 1 is 1.07 bits per heavy atom. The molecule has 0 heterocycles. The van der Waals surface area contributed by atoms with E-state index in [0.717, 1.165) is 18.8 Å². The molecule has 0 aromatic carbocycles. The molecule has 0 aromatic rings. The van der Waals surface area contributed by atoms with Crippen molar-refractivity contribution in [3.8, 4) is 0 Å². The van der Waals surface area contributed by atoms with E-state index >= 15 is 0 Å². The third kappa shape index (κ3) is 1.83. The Kier molecular flexibility index (Phi) is 3.01. The molecule has 5 saturated carbocycles. The maximum atomic E-state index is 13.2. The molecule has 0 saturated heterocycles.